The quantitative estimate of drug-likeness (QED) is 0.883. The summed E-state index contributed by atoms with van der Waals surface area (Å²) in [6.45, 7) is 0.131. The highest BCUT2D eigenvalue weighted by Gasteiger charge is 2.32. The number of nitrogens with zero attached hydrogens (tertiary/aromatic N) is 1. The number of aliphatic carboxylic acids is 1. The number of nitrogens with one attached hydrogen (secondary N) is 1. The molecule has 2 aromatic rings. The highest BCUT2D eigenvalue weighted by atomic mass is 16.5. The van der Waals surface area contributed by atoms with E-state index in [4.69, 9.17) is 9.84 Å². The van der Waals surface area contributed by atoms with Crippen LogP contribution in [0.3, 0.4) is 0 Å². The number of anilines is 1. The number of carboxylic acid groups (broad SMARTS) is 1. The Labute approximate surface area is 139 Å². The molecular weight excluding hydrogens is 308 g/mol. The van der Waals surface area contributed by atoms with Crippen molar-refractivity contribution < 1.29 is 19.4 Å². The second-order valence-corrected chi connectivity index (χ2v) is 5.51. The van der Waals surface area contributed by atoms with Gasteiger partial charge in [-0.25, -0.2) is 0 Å². The van der Waals surface area contributed by atoms with Gasteiger partial charge in [-0.15, -0.1) is 0 Å². The number of amides is 1. The Kier molecular flexibility index (Phi) is 4.37. The molecule has 1 atom stereocenters. The molecule has 0 aliphatic carbocycles. The minimum Gasteiger partial charge on any atom is -0.497 e. The molecule has 3 rings (SSSR count). The second-order valence-electron chi connectivity index (χ2n) is 5.51. The Balaban J connectivity index is 1.96. The number of methoxy groups -OCH3 is 1. The summed E-state index contributed by atoms with van der Waals surface area (Å²) in [5, 5.41) is 12.3. The van der Waals surface area contributed by atoms with E-state index in [0.29, 0.717) is 5.56 Å². The largest absolute Gasteiger partial charge is 0.497 e. The first-order valence-corrected chi connectivity index (χ1v) is 7.62. The van der Waals surface area contributed by atoms with Crippen molar-refractivity contribution in [3.63, 3.8) is 0 Å². The molecule has 0 bridgehead atoms. The standard InChI is InChI=1S/C18H18N2O4/c1-24-13-8-6-12(7-9-13)17-19-15-5-3-2-4-14(15)18(23)20(17)11-10-16(21)22/h2-9,17,19H,10-11H2,1H3,(H,21,22)/t17-/m0/s1. The Morgan fingerprint density at radius 2 is 1.92 bits per heavy atom. The number of para-hydroxylation sites is 1. The Morgan fingerprint density at radius 1 is 1.21 bits per heavy atom. The summed E-state index contributed by atoms with van der Waals surface area (Å²) in [4.78, 5) is 25.3. The summed E-state index contributed by atoms with van der Waals surface area (Å²) in [6, 6.07) is 14.6. The van der Waals surface area contributed by atoms with E-state index in [-0.39, 0.29) is 18.9 Å². The lowest BCUT2D eigenvalue weighted by molar-refractivity contribution is -0.137. The number of ether oxygens (including phenoxy) is 1. The van der Waals surface area contributed by atoms with E-state index in [0.717, 1.165) is 17.0 Å². The average Bonchev–Trinajstić information content (AvgIpc) is 2.61. The van der Waals surface area contributed by atoms with E-state index >= 15 is 0 Å². The Bertz CT molecular complexity index is 758. The van der Waals surface area contributed by atoms with Crippen molar-refractivity contribution in [2.75, 3.05) is 19.0 Å². The van der Waals surface area contributed by atoms with Crippen molar-refractivity contribution >= 4 is 17.6 Å². The third-order valence-corrected chi connectivity index (χ3v) is 4.02. The van der Waals surface area contributed by atoms with Gasteiger partial charge >= 0.3 is 5.97 Å². The number of hydrogen-bond acceptors (Lipinski definition) is 4. The van der Waals surface area contributed by atoms with Crippen LogP contribution in [0, 0.1) is 0 Å². The summed E-state index contributed by atoms with van der Waals surface area (Å²) in [5.41, 5.74) is 2.16. The fraction of sp³-hybridized carbons (Fsp3) is 0.222. The molecule has 0 saturated heterocycles. The molecule has 0 fully saturated rings. The minimum absolute atomic E-state index is 0.109. The van der Waals surface area contributed by atoms with Gasteiger partial charge in [-0.05, 0) is 29.8 Å². The number of fused-ring (bicyclic) bond motifs is 1. The maximum Gasteiger partial charge on any atom is 0.305 e. The van der Waals surface area contributed by atoms with E-state index in [9.17, 15) is 9.59 Å². The molecule has 6 nitrogen and oxygen atoms in total. The number of benzene rings is 2. The van der Waals surface area contributed by atoms with E-state index in [1.165, 1.54) is 0 Å². The molecule has 1 aliphatic rings. The first-order chi connectivity index (χ1) is 11.6. The van der Waals surface area contributed by atoms with Crippen LogP contribution in [0.1, 0.15) is 28.5 Å². The lowest BCUT2D eigenvalue weighted by Gasteiger charge is -2.38. The predicted octanol–water partition coefficient (Wildman–Crippen LogP) is 2.74. The highest BCUT2D eigenvalue weighted by Crippen LogP contribution is 2.33. The zero-order valence-electron chi connectivity index (χ0n) is 13.2. The molecular formula is C18H18N2O4. The third kappa shape index (κ3) is 3.03. The zero-order chi connectivity index (χ0) is 17.1. The van der Waals surface area contributed by atoms with Gasteiger partial charge in [0.2, 0.25) is 0 Å². The number of carbonyl (C=O) groups is 2. The van der Waals surface area contributed by atoms with E-state index in [1.807, 2.05) is 36.4 Å². The summed E-state index contributed by atoms with van der Waals surface area (Å²) in [6.07, 6.45) is -0.528. The highest BCUT2D eigenvalue weighted by molar-refractivity contribution is 6.01. The summed E-state index contributed by atoms with van der Waals surface area (Å²) in [5.74, 6) is -0.389. The minimum atomic E-state index is -0.935. The van der Waals surface area contributed by atoms with Crippen LogP contribution in [-0.4, -0.2) is 35.5 Å². The van der Waals surface area contributed by atoms with Gasteiger partial charge in [0.05, 0.1) is 19.1 Å². The fourth-order valence-corrected chi connectivity index (χ4v) is 2.79. The number of carbonyl (C=O) groups excluding carboxylic acids is 1. The van der Waals surface area contributed by atoms with Gasteiger partial charge in [-0.3, -0.25) is 9.59 Å². The molecule has 0 aromatic heterocycles. The van der Waals surface area contributed by atoms with Crippen LogP contribution in [0.4, 0.5) is 5.69 Å². The average molecular weight is 326 g/mol. The molecule has 0 unspecified atom stereocenters. The Morgan fingerprint density at radius 3 is 2.58 bits per heavy atom. The molecule has 0 spiro atoms. The second kappa shape index (κ2) is 6.62. The molecule has 1 heterocycles. The summed E-state index contributed by atoms with van der Waals surface area (Å²) >= 11 is 0. The summed E-state index contributed by atoms with van der Waals surface area (Å²) < 4.78 is 5.16. The van der Waals surface area contributed by atoms with Crippen LogP contribution < -0.4 is 10.1 Å². The first-order valence-electron chi connectivity index (χ1n) is 7.62. The van der Waals surface area contributed by atoms with Gasteiger partial charge in [0, 0.05) is 12.2 Å². The lowest BCUT2D eigenvalue weighted by atomic mass is 10.0. The number of hydrogen-bond donors (Lipinski definition) is 2. The van der Waals surface area contributed by atoms with Gasteiger partial charge < -0.3 is 20.1 Å². The van der Waals surface area contributed by atoms with Crippen LogP contribution in [0.5, 0.6) is 5.75 Å². The van der Waals surface area contributed by atoms with Gasteiger partial charge in [0.15, 0.2) is 0 Å². The predicted molar refractivity (Wildman–Crippen MR) is 89.1 cm³/mol. The zero-order valence-corrected chi connectivity index (χ0v) is 13.2. The molecule has 2 N–H and O–H groups in total. The van der Waals surface area contributed by atoms with Crippen molar-refractivity contribution in [2.24, 2.45) is 0 Å². The maximum atomic E-state index is 12.8. The van der Waals surface area contributed by atoms with Crippen molar-refractivity contribution in [1.82, 2.24) is 4.90 Å². The molecule has 1 aliphatic heterocycles. The number of rotatable bonds is 5. The fourth-order valence-electron chi connectivity index (χ4n) is 2.79. The third-order valence-electron chi connectivity index (χ3n) is 4.02. The van der Waals surface area contributed by atoms with Crippen molar-refractivity contribution in [2.45, 2.75) is 12.6 Å². The maximum absolute atomic E-state index is 12.8. The van der Waals surface area contributed by atoms with Crippen LogP contribution in [0.15, 0.2) is 48.5 Å². The van der Waals surface area contributed by atoms with E-state index in [1.54, 1.807) is 24.1 Å². The van der Waals surface area contributed by atoms with Gasteiger partial charge in [-0.1, -0.05) is 24.3 Å². The normalized spacial score (nSPS) is 16.3. The van der Waals surface area contributed by atoms with Gasteiger partial charge in [0.25, 0.3) is 5.91 Å². The molecule has 1 amide bonds. The first kappa shape index (κ1) is 15.9. The lowest BCUT2D eigenvalue weighted by Crippen LogP contribution is -2.43. The molecule has 2 aromatic carbocycles. The van der Waals surface area contributed by atoms with Crippen LogP contribution in [0.2, 0.25) is 0 Å². The molecule has 124 valence electrons. The van der Waals surface area contributed by atoms with Gasteiger partial charge in [-0.2, -0.15) is 0 Å². The molecule has 0 radical (unpaired) electrons. The van der Waals surface area contributed by atoms with Crippen LogP contribution in [-0.2, 0) is 4.79 Å². The summed E-state index contributed by atoms with van der Waals surface area (Å²) in [7, 11) is 1.59. The molecule has 24 heavy (non-hydrogen) atoms. The number of carboxylic acids is 1. The van der Waals surface area contributed by atoms with Crippen molar-refractivity contribution in [3.05, 3.63) is 59.7 Å². The van der Waals surface area contributed by atoms with Crippen molar-refractivity contribution in [1.29, 1.82) is 0 Å². The van der Waals surface area contributed by atoms with Crippen molar-refractivity contribution in [3.8, 4) is 5.75 Å². The van der Waals surface area contributed by atoms with E-state index < -0.39 is 12.1 Å². The van der Waals surface area contributed by atoms with Crippen LogP contribution >= 0.6 is 0 Å². The SMILES string of the molecule is COc1ccc([C@H]2Nc3ccccc3C(=O)N2CCC(=O)O)cc1. The van der Waals surface area contributed by atoms with E-state index in [2.05, 4.69) is 5.32 Å². The molecule has 0 saturated carbocycles. The topological polar surface area (TPSA) is 78.9 Å². The molecule has 6 heteroatoms. The Hall–Kier alpha value is -3.02. The van der Waals surface area contributed by atoms with Gasteiger partial charge in [0.1, 0.15) is 11.9 Å². The van der Waals surface area contributed by atoms with Crippen LogP contribution in [0.25, 0.3) is 0 Å². The smallest absolute Gasteiger partial charge is 0.305 e. The monoisotopic (exact) mass is 326 g/mol.